The number of nitrogens with one attached hydrogen (secondary N) is 2. The van der Waals surface area contributed by atoms with Crippen LogP contribution in [0.25, 0.3) is 0 Å². The first kappa shape index (κ1) is 21.5. The van der Waals surface area contributed by atoms with E-state index >= 15 is 0 Å². The van der Waals surface area contributed by atoms with Crippen LogP contribution in [0.15, 0.2) is 42.5 Å². The van der Waals surface area contributed by atoms with E-state index in [-0.39, 0.29) is 12.7 Å². The van der Waals surface area contributed by atoms with Gasteiger partial charge in [-0.05, 0) is 67.3 Å². The number of rotatable bonds is 8. The van der Waals surface area contributed by atoms with Crippen LogP contribution in [0.3, 0.4) is 0 Å². The molecule has 2 aliphatic heterocycles. The number of anilines is 1. The average molecular weight is 424 g/mol. The van der Waals surface area contributed by atoms with Crippen LogP contribution in [0.5, 0.6) is 11.5 Å². The first-order valence-electron chi connectivity index (χ1n) is 11.4. The molecule has 6 heteroatoms. The van der Waals surface area contributed by atoms with Crippen molar-refractivity contribution < 1.29 is 14.3 Å². The lowest BCUT2D eigenvalue weighted by molar-refractivity contribution is 0.0951. The first-order chi connectivity index (χ1) is 15.1. The van der Waals surface area contributed by atoms with E-state index in [9.17, 15) is 4.79 Å². The molecule has 2 N–H and O–H groups in total. The molecule has 2 aromatic carbocycles. The molecular formula is C25H33N3O3. The number of carbonyl (C=O) groups excluding carboxylic acids is 1. The van der Waals surface area contributed by atoms with E-state index in [0.29, 0.717) is 18.2 Å². The summed E-state index contributed by atoms with van der Waals surface area (Å²) >= 11 is 0. The van der Waals surface area contributed by atoms with Gasteiger partial charge in [0.05, 0.1) is 0 Å². The van der Waals surface area contributed by atoms with Crippen molar-refractivity contribution in [3.63, 3.8) is 0 Å². The molecule has 6 nitrogen and oxygen atoms in total. The number of ether oxygens (including phenoxy) is 2. The second-order valence-electron chi connectivity index (χ2n) is 8.60. The molecule has 0 aromatic heterocycles. The molecule has 0 unspecified atom stereocenters. The highest BCUT2D eigenvalue weighted by Crippen LogP contribution is 2.32. The van der Waals surface area contributed by atoms with Gasteiger partial charge in [0.25, 0.3) is 5.91 Å². The van der Waals surface area contributed by atoms with E-state index in [1.54, 1.807) is 0 Å². The number of amides is 1. The minimum absolute atomic E-state index is 0.0721. The Balaban J connectivity index is 1.25. The van der Waals surface area contributed by atoms with Gasteiger partial charge in [0.15, 0.2) is 11.5 Å². The fourth-order valence-electron chi connectivity index (χ4n) is 4.01. The topological polar surface area (TPSA) is 62.8 Å². The number of piperidine rings is 1. The summed E-state index contributed by atoms with van der Waals surface area (Å²) < 4.78 is 10.7. The van der Waals surface area contributed by atoms with E-state index in [0.717, 1.165) is 55.5 Å². The maximum atomic E-state index is 12.5. The van der Waals surface area contributed by atoms with Crippen molar-refractivity contribution in [2.75, 3.05) is 31.3 Å². The molecule has 4 rings (SSSR count). The van der Waals surface area contributed by atoms with Gasteiger partial charge in [0.1, 0.15) is 0 Å². The third-order valence-corrected chi connectivity index (χ3v) is 6.33. The van der Waals surface area contributed by atoms with Crippen LogP contribution >= 0.6 is 0 Å². The highest BCUT2D eigenvalue weighted by Gasteiger charge is 2.20. The Kier molecular flexibility index (Phi) is 6.97. The summed E-state index contributed by atoms with van der Waals surface area (Å²) in [6, 6.07) is 14.3. The number of hydrogen-bond donors (Lipinski definition) is 2. The van der Waals surface area contributed by atoms with E-state index in [1.807, 2.05) is 30.3 Å². The van der Waals surface area contributed by atoms with E-state index in [1.165, 1.54) is 12.1 Å². The van der Waals surface area contributed by atoms with Gasteiger partial charge in [-0.25, -0.2) is 0 Å². The smallest absolute Gasteiger partial charge is 0.251 e. The van der Waals surface area contributed by atoms with Crippen LogP contribution in [0, 0.1) is 5.92 Å². The second kappa shape index (κ2) is 10.1. The highest BCUT2D eigenvalue weighted by atomic mass is 16.7. The Morgan fingerprint density at radius 2 is 1.84 bits per heavy atom. The average Bonchev–Trinajstić information content (AvgIpc) is 3.29. The van der Waals surface area contributed by atoms with Crippen LogP contribution in [0.2, 0.25) is 0 Å². The molecular weight excluding hydrogens is 390 g/mol. The molecule has 166 valence electrons. The molecule has 31 heavy (non-hydrogen) atoms. The number of carbonyl (C=O) groups is 1. The van der Waals surface area contributed by atoms with E-state index in [2.05, 4.69) is 41.5 Å². The lowest BCUT2D eigenvalue weighted by Crippen LogP contribution is -2.43. The summed E-state index contributed by atoms with van der Waals surface area (Å²) in [5, 5.41) is 6.70. The Hall–Kier alpha value is -2.73. The summed E-state index contributed by atoms with van der Waals surface area (Å²) in [5.74, 6) is 2.15. The molecule has 0 saturated carbocycles. The fraction of sp³-hybridized carbons (Fsp3) is 0.480. The minimum Gasteiger partial charge on any atom is -0.454 e. The minimum atomic E-state index is -0.0721. The number of fused-ring (bicyclic) bond motifs is 1. The molecule has 0 aliphatic carbocycles. The molecule has 1 saturated heterocycles. The van der Waals surface area contributed by atoms with Gasteiger partial charge in [-0.1, -0.05) is 26.3 Å². The van der Waals surface area contributed by atoms with Gasteiger partial charge in [-0.15, -0.1) is 0 Å². The molecule has 2 aromatic rings. The summed E-state index contributed by atoms with van der Waals surface area (Å²) in [6.07, 6.45) is 3.55. The van der Waals surface area contributed by atoms with Gasteiger partial charge >= 0.3 is 0 Å². The van der Waals surface area contributed by atoms with E-state index in [4.69, 9.17) is 9.47 Å². The Bertz CT molecular complexity index is 876. The SMILES string of the molecule is CC[C@H](C)CNC1CCN(c2ccc(C(=O)NCc3ccc4c(c3)OCO4)cc2)CC1. The first-order valence-corrected chi connectivity index (χ1v) is 11.4. The molecule has 0 spiro atoms. The van der Waals surface area contributed by atoms with Gasteiger partial charge in [-0.2, -0.15) is 0 Å². The Labute approximate surface area is 184 Å². The van der Waals surface area contributed by atoms with Gasteiger partial charge in [0.2, 0.25) is 6.79 Å². The number of hydrogen-bond acceptors (Lipinski definition) is 5. The van der Waals surface area contributed by atoms with Crippen molar-refractivity contribution >= 4 is 11.6 Å². The molecule has 1 amide bonds. The maximum Gasteiger partial charge on any atom is 0.251 e. The van der Waals surface area contributed by atoms with Crippen molar-refractivity contribution in [1.29, 1.82) is 0 Å². The zero-order chi connectivity index (χ0) is 21.6. The third-order valence-electron chi connectivity index (χ3n) is 6.33. The summed E-state index contributed by atoms with van der Waals surface area (Å²) in [5.41, 5.74) is 2.85. The van der Waals surface area contributed by atoms with Crippen LogP contribution in [0.1, 0.15) is 49.0 Å². The van der Waals surface area contributed by atoms with Crippen LogP contribution in [0.4, 0.5) is 5.69 Å². The zero-order valence-electron chi connectivity index (χ0n) is 18.5. The lowest BCUT2D eigenvalue weighted by atomic mass is 10.0. The van der Waals surface area contributed by atoms with Crippen LogP contribution in [-0.2, 0) is 6.54 Å². The molecule has 2 heterocycles. The quantitative estimate of drug-likeness (QED) is 0.673. The summed E-state index contributed by atoms with van der Waals surface area (Å²) in [7, 11) is 0. The van der Waals surface area contributed by atoms with Gasteiger partial charge in [0, 0.05) is 36.9 Å². The highest BCUT2D eigenvalue weighted by molar-refractivity contribution is 5.94. The van der Waals surface area contributed by atoms with Gasteiger partial charge in [-0.3, -0.25) is 4.79 Å². The molecule has 1 fully saturated rings. The predicted molar refractivity (Wildman–Crippen MR) is 123 cm³/mol. The normalized spacial score (nSPS) is 16.9. The van der Waals surface area contributed by atoms with Crippen molar-refractivity contribution in [2.24, 2.45) is 5.92 Å². The monoisotopic (exact) mass is 423 g/mol. The van der Waals surface area contributed by atoms with Crippen molar-refractivity contribution in [1.82, 2.24) is 10.6 Å². The Morgan fingerprint density at radius 3 is 2.58 bits per heavy atom. The van der Waals surface area contributed by atoms with Crippen molar-refractivity contribution in [2.45, 2.75) is 45.7 Å². The van der Waals surface area contributed by atoms with E-state index < -0.39 is 0 Å². The standard InChI is InChI=1S/C25H33N3O3/c1-3-18(2)15-26-21-10-12-28(13-11-21)22-7-5-20(6-8-22)25(29)27-16-19-4-9-23-24(14-19)31-17-30-23/h4-9,14,18,21,26H,3,10-13,15-17H2,1-2H3,(H,27,29)/t18-/m0/s1. The number of benzene rings is 2. The summed E-state index contributed by atoms with van der Waals surface area (Å²) in [6.45, 7) is 8.46. The summed E-state index contributed by atoms with van der Waals surface area (Å²) in [4.78, 5) is 15.0. The third kappa shape index (κ3) is 5.50. The predicted octanol–water partition coefficient (Wildman–Crippen LogP) is 3.95. The fourth-order valence-corrected chi connectivity index (χ4v) is 4.01. The molecule has 0 radical (unpaired) electrons. The second-order valence-corrected chi connectivity index (χ2v) is 8.60. The molecule has 0 bridgehead atoms. The van der Waals surface area contributed by atoms with Crippen LogP contribution in [-0.4, -0.2) is 38.4 Å². The maximum absolute atomic E-state index is 12.5. The van der Waals surface area contributed by atoms with Crippen LogP contribution < -0.4 is 25.0 Å². The zero-order valence-corrected chi connectivity index (χ0v) is 18.5. The molecule has 2 aliphatic rings. The lowest BCUT2D eigenvalue weighted by Gasteiger charge is -2.34. The largest absolute Gasteiger partial charge is 0.454 e. The van der Waals surface area contributed by atoms with Crippen molar-refractivity contribution in [3.8, 4) is 11.5 Å². The van der Waals surface area contributed by atoms with Crippen molar-refractivity contribution in [3.05, 3.63) is 53.6 Å². The van der Waals surface area contributed by atoms with Gasteiger partial charge < -0.3 is 25.0 Å². The Morgan fingerprint density at radius 1 is 1.10 bits per heavy atom. The number of nitrogens with zero attached hydrogens (tertiary/aromatic N) is 1. The molecule has 1 atom stereocenters.